The van der Waals surface area contributed by atoms with Crippen molar-refractivity contribution in [3.05, 3.63) is 0 Å². The van der Waals surface area contributed by atoms with E-state index in [0.717, 1.165) is 7.11 Å². The number of ether oxygens (including phenoxy) is 1. The van der Waals surface area contributed by atoms with Crippen molar-refractivity contribution < 1.29 is 28.7 Å². The van der Waals surface area contributed by atoms with Gasteiger partial charge in [-0.1, -0.05) is 13.8 Å². The van der Waals surface area contributed by atoms with Crippen LogP contribution >= 0.6 is 0 Å². The first kappa shape index (κ1) is 15.3. The molecule has 6 nitrogen and oxygen atoms in total. The van der Waals surface area contributed by atoms with E-state index < -0.39 is 24.8 Å². The van der Waals surface area contributed by atoms with Crippen LogP contribution in [0, 0.1) is 0 Å². The second-order valence-corrected chi connectivity index (χ2v) is 1.70. The van der Waals surface area contributed by atoms with E-state index >= 15 is 0 Å². The van der Waals surface area contributed by atoms with E-state index in [1.54, 1.807) is 5.48 Å². The number of hydroxylamine groups is 1. The number of hydrogen-bond acceptors (Lipinski definition) is 4. The second-order valence-electron chi connectivity index (χ2n) is 1.70. The average Bonchev–Trinajstić information content (AvgIpc) is 2.19. The molecule has 0 aliphatic heterocycles. The summed E-state index contributed by atoms with van der Waals surface area (Å²) in [6.45, 7) is 3.27. The number of rotatable bonds is 5. The molecule has 0 radical (unpaired) electrons. The summed E-state index contributed by atoms with van der Waals surface area (Å²) in [4.78, 5) is 24.3. The van der Waals surface area contributed by atoms with E-state index in [2.05, 4.69) is 9.57 Å². The number of methoxy groups -OCH3 is 1. The van der Waals surface area contributed by atoms with Crippen LogP contribution in [0.4, 0.5) is 4.39 Å². The van der Waals surface area contributed by atoms with Gasteiger partial charge in [0.15, 0.2) is 6.61 Å². The van der Waals surface area contributed by atoms with Crippen LogP contribution < -0.4 is 5.48 Å². The van der Waals surface area contributed by atoms with Gasteiger partial charge < -0.3 is 9.84 Å². The minimum Gasteiger partial charge on any atom is -0.479 e. The second kappa shape index (κ2) is 9.87. The number of alkyl halides is 1. The zero-order chi connectivity index (χ0) is 11.6. The third kappa shape index (κ3) is 8.88. The number of carboxylic acids is 1. The Morgan fingerprint density at radius 2 is 2.00 bits per heavy atom. The summed E-state index contributed by atoms with van der Waals surface area (Å²) in [5, 5.41) is 8.02. The maximum atomic E-state index is 12.2. The Bertz CT molecular complexity index is 175. The number of carboxylic acid groups (broad SMARTS) is 1. The minimum absolute atomic E-state index is 0.734. The van der Waals surface area contributed by atoms with Crippen molar-refractivity contribution in [2.45, 2.75) is 20.2 Å². The number of amides is 1. The quantitative estimate of drug-likeness (QED) is 0.629. The highest BCUT2D eigenvalue weighted by atomic mass is 19.1. The van der Waals surface area contributed by atoms with Gasteiger partial charge in [0.2, 0.25) is 0 Å². The number of hydrogen-bond donors (Lipinski definition) is 2. The lowest BCUT2D eigenvalue weighted by molar-refractivity contribution is -0.159. The molecule has 1 atom stereocenters. The van der Waals surface area contributed by atoms with Crippen LogP contribution in [0.2, 0.25) is 0 Å². The van der Waals surface area contributed by atoms with E-state index in [-0.39, 0.29) is 0 Å². The lowest BCUT2D eigenvalue weighted by Gasteiger charge is -2.05. The first-order valence-electron chi connectivity index (χ1n) is 3.88. The molecule has 7 heteroatoms. The third-order valence-corrected chi connectivity index (χ3v) is 0.781. The fraction of sp³-hybridized carbons (Fsp3) is 0.714. The van der Waals surface area contributed by atoms with Crippen LogP contribution in [-0.2, 0) is 19.2 Å². The molecule has 14 heavy (non-hydrogen) atoms. The number of carbonyl (C=O) groups excluding carboxylic acids is 1. The third-order valence-electron chi connectivity index (χ3n) is 0.781. The van der Waals surface area contributed by atoms with Gasteiger partial charge in [0.05, 0.1) is 0 Å². The van der Waals surface area contributed by atoms with Crippen molar-refractivity contribution in [2.75, 3.05) is 13.7 Å². The number of aliphatic carboxylic acids is 1. The van der Waals surface area contributed by atoms with Gasteiger partial charge in [-0.2, -0.15) is 0 Å². The van der Waals surface area contributed by atoms with Crippen molar-refractivity contribution in [2.24, 2.45) is 0 Å². The Balaban J connectivity index is 0. The van der Waals surface area contributed by atoms with Gasteiger partial charge in [0, 0.05) is 7.11 Å². The van der Waals surface area contributed by atoms with Crippen molar-refractivity contribution in [1.29, 1.82) is 0 Å². The first-order valence-corrected chi connectivity index (χ1v) is 3.88. The molecule has 0 aromatic carbocycles. The average molecular weight is 211 g/mol. The van der Waals surface area contributed by atoms with E-state index in [9.17, 15) is 14.0 Å². The van der Waals surface area contributed by atoms with Crippen molar-refractivity contribution >= 4 is 11.9 Å². The van der Waals surface area contributed by atoms with Gasteiger partial charge in [-0.3, -0.25) is 9.63 Å². The summed E-state index contributed by atoms with van der Waals surface area (Å²) in [5.41, 5.74) is 1.54. The molecule has 0 bridgehead atoms. The molecular formula is C7H14FNO5. The number of carbonyl (C=O) groups is 2. The maximum absolute atomic E-state index is 12.2. The zero-order valence-electron chi connectivity index (χ0n) is 8.24. The lowest BCUT2D eigenvalue weighted by Crippen LogP contribution is -2.34. The van der Waals surface area contributed by atoms with Crippen LogP contribution in [-0.4, -0.2) is 37.1 Å². The van der Waals surface area contributed by atoms with Crippen LogP contribution in [0.25, 0.3) is 0 Å². The molecule has 0 aromatic heterocycles. The smallest absolute Gasteiger partial charge is 0.332 e. The molecule has 0 saturated carbocycles. The number of halogens is 1. The predicted octanol–water partition coefficient (Wildman–Crippen LogP) is 0.0870. The fourth-order valence-corrected chi connectivity index (χ4v) is 0.322. The van der Waals surface area contributed by atoms with E-state index in [0.29, 0.717) is 0 Å². The standard InChI is InChI=1S/C5H8FNO5.C2H6/c1-11-4(6)5(10)7-12-2-3(8)9;1-2/h4H,2H2,1H3,(H,7,10)(H,8,9);1-2H3. The molecule has 0 spiro atoms. The predicted molar refractivity (Wildman–Crippen MR) is 45.0 cm³/mol. The summed E-state index contributed by atoms with van der Waals surface area (Å²) in [6.07, 6.45) is -2.15. The topological polar surface area (TPSA) is 84.9 Å². The molecule has 0 saturated heterocycles. The Labute approximate surface area is 80.9 Å². The van der Waals surface area contributed by atoms with Crippen LogP contribution in [0.5, 0.6) is 0 Å². The number of nitrogens with one attached hydrogen (secondary N) is 1. The van der Waals surface area contributed by atoms with E-state index in [4.69, 9.17) is 5.11 Å². The van der Waals surface area contributed by atoms with Gasteiger partial charge in [0.1, 0.15) is 0 Å². The van der Waals surface area contributed by atoms with Crippen molar-refractivity contribution in [3.8, 4) is 0 Å². The summed E-state index contributed by atoms with van der Waals surface area (Å²) >= 11 is 0. The Morgan fingerprint density at radius 3 is 2.36 bits per heavy atom. The molecule has 0 fully saturated rings. The van der Waals surface area contributed by atoms with Gasteiger partial charge in [0.25, 0.3) is 6.36 Å². The Hall–Kier alpha value is -1.21. The fourth-order valence-electron chi connectivity index (χ4n) is 0.322. The summed E-state index contributed by atoms with van der Waals surface area (Å²) in [7, 11) is 0.988. The largest absolute Gasteiger partial charge is 0.479 e. The highest BCUT2D eigenvalue weighted by molar-refractivity contribution is 5.78. The van der Waals surface area contributed by atoms with Crippen molar-refractivity contribution in [1.82, 2.24) is 5.48 Å². The highest BCUT2D eigenvalue weighted by Crippen LogP contribution is 1.89. The molecule has 1 unspecified atom stereocenters. The normalized spacial score (nSPS) is 10.9. The molecule has 0 aliphatic carbocycles. The summed E-state index contributed by atoms with van der Waals surface area (Å²) in [6, 6.07) is 0. The molecular weight excluding hydrogens is 197 g/mol. The van der Waals surface area contributed by atoms with E-state index in [1.165, 1.54) is 0 Å². The zero-order valence-corrected chi connectivity index (χ0v) is 8.24. The SMILES string of the molecule is CC.COC(F)C(=O)NOCC(=O)O. The van der Waals surface area contributed by atoms with E-state index in [1.807, 2.05) is 13.8 Å². The van der Waals surface area contributed by atoms with Crippen molar-refractivity contribution in [3.63, 3.8) is 0 Å². The monoisotopic (exact) mass is 211 g/mol. The molecule has 0 aromatic rings. The molecule has 0 aliphatic rings. The van der Waals surface area contributed by atoms with Gasteiger partial charge in [-0.05, 0) is 0 Å². The first-order chi connectivity index (χ1) is 6.57. The van der Waals surface area contributed by atoms with Crippen LogP contribution in [0.1, 0.15) is 13.8 Å². The minimum atomic E-state index is -2.15. The maximum Gasteiger partial charge on any atom is 0.332 e. The molecule has 2 N–H and O–H groups in total. The molecule has 84 valence electrons. The summed E-state index contributed by atoms with van der Waals surface area (Å²) < 4.78 is 16.2. The Kier molecular flexibility index (Phi) is 10.8. The van der Waals surface area contributed by atoms with Gasteiger partial charge in [-0.25, -0.2) is 14.7 Å². The molecule has 0 rings (SSSR count). The lowest BCUT2D eigenvalue weighted by atomic mass is 10.6. The van der Waals surface area contributed by atoms with Gasteiger partial charge >= 0.3 is 11.9 Å². The van der Waals surface area contributed by atoms with Crippen LogP contribution in [0.15, 0.2) is 0 Å². The van der Waals surface area contributed by atoms with Crippen LogP contribution in [0.3, 0.4) is 0 Å². The highest BCUT2D eigenvalue weighted by Gasteiger charge is 2.15. The van der Waals surface area contributed by atoms with Gasteiger partial charge in [-0.15, -0.1) is 0 Å². The molecule has 0 heterocycles. The summed E-state index contributed by atoms with van der Waals surface area (Å²) in [5.74, 6) is -2.46. The Morgan fingerprint density at radius 1 is 1.50 bits per heavy atom. The molecule has 1 amide bonds.